The molecule has 0 aliphatic heterocycles. The third-order valence-corrected chi connectivity index (χ3v) is 2.18. The molecule has 0 radical (unpaired) electrons. The fraction of sp³-hybridized carbons (Fsp3) is 0.0833. The predicted octanol–water partition coefficient (Wildman–Crippen LogP) is 2.08. The van der Waals surface area contributed by atoms with Crippen LogP contribution in [0, 0.1) is 0 Å². The Balaban J connectivity index is 2.28. The van der Waals surface area contributed by atoms with Crippen molar-refractivity contribution in [1.29, 1.82) is 0 Å². The van der Waals surface area contributed by atoms with E-state index in [1.807, 2.05) is 12.1 Å². The molecule has 2 rings (SSSR count). The topological polar surface area (TPSA) is 53.4 Å². The summed E-state index contributed by atoms with van der Waals surface area (Å²) in [4.78, 5) is 3.99. The van der Waals surface area contributed by atoms with E-state index in [-0.39, 0.29) is 11.5 Å². The van der Waals surface area contributed by atoms with E-state index < -0.39 is 0 Å². The highest BCUT2D eigenvalue weighted by Crippen LogP contribution is 2.24. The number of benzene rings is 1. The summed E-state index contributed by atoms with van der Waals surface area (Å²) < 4.78 is 0. The van der Waals surface area contributed by atoms with Crippen LogP contribution in [-0.4, -0.2) is 15.2 Å². The van der Waals surface area contributed by atoms with Crippen molar-refractivity contribution in [2.45, 2.75) is 6.42 Å². The molecule has 0 fully saturated rings. The monoisotopic (exact) mass is 201 g/mol. The molecule has 0 aliphatic rings. The van der Waals surface area contributed by atoms with Crippen LogP contribution < -0.4 is 0 Å². The predicted molar refractivity (Wildman–Crippen MR) is 56.8 cm³/mol. The first kappa shape index (κ1) is 9.52. The zero-order valence-electron chi connectivity index (χ0n) is 8.09. The number of hydrogen-bond donors (Lipinski definition) is 2. The van der Waals surface area contributed by atoms with E-state index in [1.165, 1.54) is 12.1 Å². The summed E-state index contributed by atoms with van der Waals surface area (Å²) in [6.07, 6.45) is 4.00. The van der Waals surface area contributed by atoms with Gasteiger partial charge in [0.1, 0.15) is 11.5 Å². The second-order valence-corrected chi connectivity index (χ2v) is 3.35. The lowest BCUT2D eigenvalue weighted by Gasteiger charge is -2.04. The van der Waals surface area contributed by atoms with Crippen molar-refractivity contribution in [2.24, 2.45) is 0 Å². The fourth-order valence-electron chi connectivity index (χ4n) is 1.44. The lowest BCUT2D eigenvalue weighted by molar-refractivity contribution is 0.455. The minimum atomic E-state index is 0.159. The van der Waals surface area contributed by atoms with Crippen LogP contribution in [0.15, 0.2) is 42.7 Å². The molecule has 0 bridgehead atoms. The Labute approximate surface area is 87.7 Å². The van der Waals surface area contributed by atoms with Gasteiger partial charge in [0.25, 0.3) is 0 Å². The first-order valence-electron chi connectivity index (χ1n) is 4.65. The second-order valence-electron chi connectivity index (χ2n) is 3.35. The van der Waals surface area contributed by atoms with Gasteiger partial charge in [0.05, 0.1) is 0 Å². The van der Waals surface area contributed by atoms with E-state index in [9.17, 15) is 10.2 Å². The van der Waals surface area contributed by atoms with Crippen LogP contribution >= 0.6 is 0 Å². The minimum absolute atomic E-state index is 0.159. The number of phenolic OH excluding ortho intramolecular Hbond substituents is 2. The van der Waals surface area contributed by atoms with Gasteiger partial charge in [-0.2, -0.15) is 0 Å². The van der Waals surface area contributed by atoms with Crippen LogP contribution in [-0.2, 0) is 6.42 Å². The van der Waals surface area contributed by atoms with Gasteiger partial charge in [-0.05, 0) is 29.8 Å². The van der Waals surface area contributed by atoms with Crippen molar-refractivity contribution in [3.63, 3.8) is 0 Å². The summed E-state index contributed by atoms with van der Waals surface area (Å²) in [6, 6.07) is 8.27. The highest BCUT2D eigenvalue weighted by atomic mass is 16.3. The third kappa shape index (κ3) is 2.26. The number of aromatic hydroxyl groups is 2. The molecule has 2 aromatic rings. The van der Waals surface area contributed by atoms with Gasteiger partial charge in [0, 0.05) is 24.4 Å². The van der Waals surface area contributed by atoms with Crippen molar-refractivity contribution in [1.82, 2.24) is 4.98 Å². The number of rotatable bonds is 2. The average molecular weight is 201 g/mol. The van der Waals surface area contributed by atoms with Gasteiger partial charge in [-0.1, -0.05) is 6.07 Å². The maximum Gasteiger partial charge on any atom is 0.119 e. The summed E-state index contributed by atoms with van der Waals surface area (Å²) in [5.74, 6) is 0.350. The molecule has 0 aliphatic carbocycles. The zero-order chi connectivity index (χ0) is 10.7. The molecule has 1 aromatic carbocycles. The normalized spacial score (nSPS) is 10.1. The highest BCUT2D eigenvalue weighted by molar-refractivity contribution is 5.41. The lowest BCUT2D eigenvalue weighted by atomic mass is 10.1. The van der Waals surface area contributed by atoms with Crippen LogP contribution in [0.25, 0.3) is 0 Å². The van der Waals surface area contributed by atoms with Gasteiger partial charge >= 0.3 is 0 Å². The van der Waals surface area contributed by atoms with Crippen LogP contribution in [0.2, 0.25) is 0 Å². The molecular formula is C12H11NO2. The molecule has 1 aromatic heterocycles. The molecule has 0 saturated heterocycles. The Kier molecular flexibility index (Phi) is 2.54. The van der Waals surface area contributed by atoms with Gasteiger partial charge < -0.3 is 10.2 Å². The fourth-order valence-corrected chi connectivity index (χ4v) is 1.44. The van der Waals surface area contributed by atoms with E-state index >= 15 is 0 Å². The first-order valence-corrected chi connectivity index (χ1v) is 4.65. The molecule has 76 valence electrons. The van der Waals surface area contributed by atoms with Gasteiger partial charge in [0.15, 0.2) is 0 Å². The summed E-state index contributed by atoms with van der Waals surface area (Å²) >= 11 is 0. The van der Waals surface area contributed by atoms with Crippen molar-refractivity contribution < 1.29 is 10.2 Å². The molecule has 1 heterocycles. The smallest absolute Gasteiger partial charge is 0.119 e. The molecule has 0 amide bonds. The Morgan fingerprint density at radius 1 is 1.13 bits per heavy atom. The number of nitrogens with zero attached hydrogens (tertiary/aromatic N) is 1. The maximum atomic E-state index is 9.56. The number of pyridine rings is 1. The number of phenols is 2. The van der Waals surface area contributed by atoms with E-state index in [0.717, 1.165) is 5.56 Å². The van der Waals surface area contributed by atoms with E-state index in [1.54, 1.807) is 18.5 Å². The zero-order valence-corrected chi connectivity index (χ0v) is 8.09. The molecule has 0 unspecified atom stereocenters. The van der Waals surface area contributed by atoms with Crippen LogP contribution in [0.3, 0.4) is 0 Å². The van der Waals surface area contributed by atoms with E-state index in [0.29, 0.717) is 12.0 Å². The van der Waals surface area contributed by atoms with E-state index in [4.69, 9.17) is 0 Å². The molecule has 0 atom stereocenters. The second kappa shape index (κ2) is 4.00. The van der Waals surface area contributed by atoms with Crippen molar-refractivity contribution >= 4 is 0 Å². The van der Waals surface area contributed by atoms with Crippen LogP contribution in [0.1, 0.15) is 11.1 Å². The molecule has 15 heavy (non-hydrogen) atoms. The third-order valence-electron chi connectivity index (χ3n) is 2.18. The summed E-state index contributed by atoms with van der Waals surface area (Å²) in [7, 11) is 0. The first-order chi connectivity index (χ1) is 7.25. The van der Waals surface area contributed by atoms with Gasteiger partial charge in [-0.15, -0.1) is 0 Å². The van der Waals surface area contributed by atoms with E-state index in [2.05, 4.69) is 4.98 Å². The molecule has 3 nitrogen and oxygen atoms in total. The SMILES string of the molecule is Oc1ccc(O)c(Cc2cccnc2)c1. The molecule has 2 N–H and O–H groups in total. The average Bonchev–Trinajstić information content (AvgIpc) is 2.25. The van der Waals surface area contributed by atoms with Gasteiger partial charge in [0.2, 0.25) is 0 Å². The standard InChI is InChI=1S/C12H11NO2/c14-11-3-4-12(15)10(7-11)6-9-2-1-5-13-8-9/h1-5,7-8,14-15H,6H2. The molecule has 0 saturated carbocycles. The Morgan fingerprint density at radius 3 is 2.73 bits per heavy atom. The van der Waals surface area contributed by atoms with Gasteiger partial charge in [-0.3, -0.25) is 4.98 Å². The van der Waals surface area contributed by atoms with Crippen molar-refractivity contribution in [3.8, 4) is 11.5 Å². The Bertz CT molecular complexity index is 454. The van der Waals surface area contributed by atoms with Crippen LogP contribution in [0.4, 0.5) is 0 Å². The quantitative estimate of drug-likeness (QED) is 0.731. The summed E-state index contributed by atoms with van der Waals surface area (Å²) in [6.45, 7) is 0. The Hall–Kier alpha value is -2.03. The van der Waals surface area contributed by atoms with Crippen LogP contribution in [0.5, 0.6) is 11.5 Å². The summed E-state index contributed by atoms with van der Waals surface area (Å²) in [5, 5.41) is 18.9. The highest BCUT2D eigenvalue weighted by Gasteiger charge is 2.03. The number of hydrogen-bond acceptors (Lipinski definition) is 3. The minimum Gasteiger partial charge on any atom is -0.508 e. The Morgan fingerprint density at radius 2 is 2.00 bits per heavy atom. The molecule has 3 heteroatoms. The largest absolute Gasteiger partial charge is 0.508 e. The van der Waals surface area contributed by atoms with Gasteiger partial charge in [-0.25, -0.2) is 0 Å². The maximum absolute atomic E-state index is 9.56. The lowest BCUT2D eigenvalue weighted by Crippen LogP contribution is -1.89. The number of aromatic nitrogens is 1. The molecular weight excluding hydrogens is 190 g/mol. The van der Waals surface area contributed by atoms with Crippen molar-refractivity contribution in [2.75, 3.05) is 0 Å². The molecule has 0 spiro atoms. The summed E-state index contributed by atoms with van der Waals surface area (Å²) in [5.41, 5.74) is 1.70. The van der Waals surface area contributed by atoms with Crippen molar-refractivity contribution in [3.05, 3.63) is 53.9 Å².